The van der Waals surface area contributed by atoms with Crippen LogP contribution in [0.2, 0.25) is 5.15 Å². The molecule has 0 spiro atoms. The van der Waals surface area contributed by atoms with Gasteiger partial charge >= 0.3 is 5.30 Å². The summed E-state index contributed by atoms with van der Waals surface area (Å²) in [5.41, 5.74) is 0.305. The van der Waals surface area contributed by atoms with Crippen LogP contribution in [0.15, 0.2) is 46.9 Å². The van der Waals surface area contributed by atoms with Gasteiger partial charge in [0, 0.05) is 50.2 Å². The van der Waals surface area contributed by atoms with Gasteiger partial charge in [-0.2, -0.15) is 10.2 Å². The molecule has 0 saturated carbocycles. The lowest BCUT2D eigenvalue weighted by molar-refractivity contribution is -0.233. The highest BCUT2D eigenvalue weighted by Gasteiger charge is 2.35. The van der Waals surface area contributed by atoms with Crippen molar-refractivity contribution in [1.29, 1.82) is 0 Å². The predicted octanol–water partition coefficient (Wildman–Crippen LogP) is 1.52. The molecule has 1 fully saturated rings. The molecule has 10 nitrogen and oxygen atoms in total. The molecule has 2 aliphatic rings. The van der Waals surface area contributed by atoms with E-state index in [-0.39, 0.29) is 16.3 Å². The van der Waals surface area contributed by atoms with E-state index >= 15 is 0 Å². The Bertz CT molecular complexity index is 1080. The Morgan fingerprint density at radius 3 is 2.59 bits per heavy atom. The zero-order chi connectivity index (χ0) is 23.5. The molecule has 0 radical (unpaired) electrons. The highest BCUT2D eigenvalue weighted by atomic mass is 35.5. The highest BCUT2D eigenvalue weighted by Crippen LogP contribution is 2.28. The third kappa shape index (κ3) is 5.93. The molecule has 32 heavy (non-hydrogen) atoms. The smallest absolute Gasteiger partial charge is 0.306 e. The van der Waals surface area contributed by atoms with Crippen molar-refractivity contribution in [2.75, 3.05) is 18.4 Å². The number of nitrogens with one attached hydrogen (secondary N) is 2. The quantitative estimate of drug-likeness (QED) is 0.636. The third-order valence-corrected chi connectivity index (χ3v) is 6.25. The summed E-state index contributed by atoms with van der Waals surface area (Å²) in [6.07, 6.45) is 6.92. The fourth-order valence-corrected chi connectivity index (χ4v) is 4.00. The topological polar surface area (TPSA) is 120 Å². The molecule has 1 saturated heterocycles. The van der Waals surface area contributed by atoms with E-state index in [0.717, 1.165) is 13.1 Å². The van der Waals surface area contributed by atoms with Crippen molar-refractivity contribution in [2.45, 2.75) is 32.4 Å². The standard InChI is InChI=1S/C15H21ClN6O.C5H5NO2S/c1-15(2,3)21-8-10(9-21)22-6-5-13(19-22)17-11-7-12(16)18-20(4)14(11)23;7-5(8)9-4-2-1-3-6-9/h5-7,10H,8-9H2,1-4H3,(H,17,19);1-4,6H. The largest absolute Gasteiger partial charge is 0.502 e. The molecule has 0 aliphatic carbocycles. The monoisotopic (exact) mass is 479 g/mol. The zero-order valence-electron chi connectivity index (χ0n) is 18.3. The average Bonchev–Trinajstić information content (AvgIpc) is 3.12. The van der Waals surface area contributed by atoms with Gasteiger partial charge < -0.3 is 15.2 Å². The van der Waals surface area contributed by atoms with Crippen molar-refractivity contribution < 1.29 is 9.90 Å². The maximum atomic E-state index is 12.0. The van der Waals surface area contributed by atoms with E-state index in [9.17, 15) is 14.7 Å². The first-order valence-corrected chi connectivity index (χ1v) is 11.6. The first-order chi connectivity index (χ1) is 15.0. The molecule has 4 rings (SSSR count). The highest BCUT2D eigenvalue weighted by molar-refractivity contribution is 8.11. The summed E-state index contributed by atoms with van der Waals surface area (Å²) in [4.78, 5) is 24.5. The number of halogens is 1. The van der Waals surface area contributed by atoms with Crippen molar-refractivity contribution in [2.24, 2.45) is 7.05 Å². The van der Waals surface area contributed by atoms with Gasteiger partial charge in [0.15, 0.2) is 27.5 Å². The van der Waals surface area contributed by atoms with Crippen LogP contribution in [0, 0.1) is 0 Å². The van der Waals surface area contributed by atoms with Crippen LogP contribution < -0.4 is 20.7 Å². The molecule has 4 heterocycles. The minimum atomic E-state index is -1.07. The number of allylic oxidation sites excluding steroid dienone is 2. The van der Waals surface area contributed by atoms with Crippen LogP contribution in [-0.4, -0.2) is 48.4 Å². The molecule has 2 aliphatic heterocycles. The maximum absolute atomic E-state index is 12.0. The Hall–Kier alpha value is -2.76. The van der Waals surface area contributed by atoms with Crippen molar-refractivity contribution in [1.82, 2.24) is 29.2 Å². The van der Waals surface area contributed by atoms with Crippen LogP contribution in [0.25, 0.3) is 0 Å². The van der Waals surface area contributed by atoms with Gasteiger partial charge in [0.05, 0.1) is 6.04 Å². The zero-order valence-corrected chi connectivity index (χ0v) is 19.9. The van der Waals surface area contributed by atoms with E-state index in [2.05, 4.69) is 45.9 Å². The van der Waals surface area contributed by atoms with Crippen LogP contribution in [0.1, 0.15) is 26.8 Å². The number of hydrogen-bond donors (Lipinski definition) is 2. The van der Waals surface area contributed by atoms with Crippen LogP contribution in [0.3, 0.4) is 0 Å². The van der Waals surface area contributed by atoms with Crippen LogP contribution in [0.5, 0.6) is 0 Å². The molecule has 2 aromatic heterocycles. The van der Waals surface area contributed by atoms with Gasteiger partial charge in [-0.25, -0.2) is 9.40 Å². The molecule has 12 heteroatoms. The summed E-state index contributed by atoms with van der Waals surface area (Å²) in [5.74, 6) is 0.624. The number of anilines is 2. The number of hydrogen-bond acceptors (Lipinski definition) is 8. The average molecular weight is 480 g/mol. The minimum absolute atomic E-state index is 0.185. The van der Waals surface area contributed by atoms with E-state index < -0.39 is 16.4 Å². The Labute approximate surface area is 194 Å². The van der Waals surface area contributed by atoms with E-state index in [1.165, 1.54) is 10.7 Å². The molecule has 1 unspecified atom stereocenters. The van der Waals surface area contributed by atoms with E-state index in [1.807, 2.05) is 16.9 Å². The number of carboxylic acid groups (broad SMARTS) is 1. The Morgan fingerprint density at radius 1 is 1.31 bits per heavy atom. The van der Waals surface area contributed by atoms with Crippen molar-refractivity contribution in [3.63, 3.8) is 0 Å². The van der Waals surface area contributed by atoms with Crippen molar-refractivity contribution >= 4 is 39.5 Å². The molecule has 0 aromatic carbocycles. The second-order valence-electron chi connectivity index (χ2n) is 8.24. The first-order valence-electron chi connectivity index (χ1n) is 9.89. The summed E-state index contributed by atoms with van der Waals surface area (Å²) in [7, 11) is 1.56. The number of aromatic nitrogens is 4. The first kappa shape index (κ1) is 23.9. The van der Waals surface area contributed by atoms with Gasteiger partial charge in [-0.3, -0.25) is 14.4 Å². The predicted molar refractivity (Wildman–Crippen MR) is 125 cm³/mol. The fraction of sp³-hybridized carbons (Fsp3) is 0.400. The SMILES string of the molecule is Cn1nc(Cl)cc(Nc2ccn(C3CN(C(C)(C)C)C3)n2)c1=O.O=C([O-])[S+]1C=CC=CN1. The Kier molecular flexibility index (Phi) is 7.32. The van der Waals surface area contributed by atoms with Gasteiger partial charge in [0.1, 0.15) is 5.69 Å². The van der Waals surface area contributed by atoms with Crippen LogP contribution in [-0.2, 0) is 18.1 Å². The number of carbonyl (C=O) groups is 1. The lowest BCUT2D eigenvalue weighted by atomic mass is 9.98. The van der Waals surface area contributed by atoms with Gasteiger partial charge in [-0.05, 0) is 32.9 Å². The van der Waals surface area contributed by atoms with Crippen LogP contribution >= 0.6 is 11.6 Å². The maximum Gasteiger partial charge on any atom is 0.306 e. The Balaban J connectivity index is 0.000000269. The minimum Gasteiger partial charge on any atom is -0.502 e. The normalized spacial score (nSPS) is 18.3. The molecule has 2 N–H and O–H groups in total. The summed E-state index contributed by atoms with van der Waals surface area (Å²) < 4.78 is 5.76. The van der Waals surface area contributed by atoms with Crippen molar-refractivity contribution in [3.8, 4) is 0 Å². The van der Waals surface area contributed by atoms with Gasteiger partial charge in [-0.15, -0.1) is 0 Å². The molecular formula is C20H26ClN7O3S. The molecule has 1 atom stereocenters. The molecule has 2 aromatic rings. The Morgan fingerprint density at radius 2 is 2.03 bits per heavy atom. The number of nitrogens with zero attached hydrogens (tertiary/aromatic N) is 5. The van der Waals surface area contributed by atoms with Gasteiger partial charge in [0.25, 0.3) is 5.56 Å². The third-order valence-electron chi connectivity index (χ3n) is 4.89. The second-order valence-corrected chi connectivity index (χ2v) is 10.1. The number of likely N-dealkylation sites (tertiary alicyclic amines) is 1. The van der Waals surface area contributed by atoms with E-state index in [1.54, 1.807) is 30.8 Å². The number of aryl methyl sites for hydroxylation is 1. The summed E-state index contributed by atoms with van der Waals surface area (Å²) >= 11 is 4.98. The summed E-state index contributed by atoms with van der Waals surface area (Å²) in [5, 5.41) is 22.2. The molecular weight excluding hydrogens is 454 g/mol. The van der Waals surface area contributed by atoms with E-state index in [0.29, 0.717) is 17.5 Å². The number of carbonyl (C=O) groups excluding carboxylic acids is 1. The lowest BCUT2D eigenvalue weighted by Gasteiger charge is -2.47. The van der Waals surface area contributed by atoms with Gasteiger partial charge in [-0.1, -0.05) is 11.6 Å². The fourth-order valence-electron chi connectivity index (χ4n) is 3.01. The molecule has 0 amide bonds. The molecule has 0 bridgehead atoms. The second kappa shape index (κ2) is 9.80. The summed E-state index contributed by atoms with van der Waals surface area (Å²) in [6.45, 7) is 8.59. The number of rotatable bonds is 3. The van der Waals surface area contributed by atoms with Crippen LogP contribution in [0.4, 0.5) is 16.3 Å². The van der Waals surface area contributed by atoms with Gasteiger partial charge in [0.2, 0.25) is 0 Å². The molecule has 172 valence electrons. The van der Waals surface area contributed by atoms with E-state index in [4.69, 9.17) is 11.6 Å². The summed E-state index contributed by atoms with van der Waals surface area (Å²) in [6, 6.07) is 3.73. The lowest BCUT2D eigenvalue weighted by Crippen LogP contribution is -2.56. The van der Waals surface area contributed by atoms with Crippen molar-refractivity contribution in [3.05, 3.63) is 57.6 Å².